The van der Waals surface area contributed by atoms with E-state index in [0.717, 1.165) is 11.3 Å². The Morgan fingerprint density at radius 1 is 1.41 bits per heavy atom. The van der Waals surface area contributed by atoms with E-state index in [2.05, 4.69) is 10.3 Å². The molecule has 0 aliphatic rings. The van der Waals surface area contributed by atoms with Gasteiger partial charge in [0.1, 0.15) is 6.61 Å². The van der Waals surface area contributed by atoms with Crippen LogP contribution in [0.4, 0.5) is 0 Å². The van der Waals surface area contributed by atoms with Gasteiger partial charge >= 0.3 is 0 Å². The van der Waals surface area contributed by atoms with Crippen LogP contribution >= 0.6 is 11.6 Å². The highest BCUT2D eigenvalue weighted by atomic mass is 35.5. The van der Waals surface area contributed by atoms with Gasteiger partial charge in [-0.25, -0.2) is 0 Å². The Labute approximate surface area is 104 Å². The molecule has 1 heterocycles. The first kappa shape index (κ1) is 11.7. The van der Waals surface area contributed by atoms with Crippen molar-refractivity contribution in [2.45, 2.75) is 6.61 Å². The number of hydrogen-bond acceptors (Lipinski definition) is 3. The van der Waals surface area contributed by atoms with Gasteiger partial charge in [-0.1, -0.05) is 47.1 Å². The van der Waals surface area contributed by atoms with Gasteiger partial charge in [0, 0.05) is 13.1 Å². The monoisotopic (exact) mass is 249 g/mol. The molecular formula is C12H12ClN3O. The molecule has 17 heavy (non-hydrogen) atoms. The van der Waals surface area contributed by atoms with E-state index in [-0.39, 0.29) is 0 Å². The first-order valence-electron chi connectivity index (χ1n) is 5.14. The lowest BCUT2D eigenvalue weighted by Crippen LogP contribution is -1.97. The third kappa shape index (κ3) is 3.32. The topological polar surface area (TPSA) is 39.4 Å². The van der Waals surface area contributed by atoms with Crippen molar-refractivity contribution in [1.82, 2.24) is 9.78 Å². The number of nitrogens with zero attached hydrogens (tertiary/aromatic N) is 3. The molecule has 2 rings (SSSR count). The second-order valence-electron chi connectivity index (χ2n) is 3.51. The van der Waals surface area contributed by atoms with Crippen molar-refractivity contribution < 1.29 is 4.84 Å². The molecule has 0 unspecified atom stereocenters. The Balaban J connectivity index is 1.88. The molecule has 4 nitrogen and oxygen atoms in total. The number of aryl methyl sites for hydroxylation is 1. The number of halogens is 1. The molecule has 2 aromatic rings. The fraction of sp³-hybridized carbons (Fsp3) is 0.167. The molecular weight excluding hydrogens is 238 g/mol. The van der Waals surface area contributed by atoms with Crippen LogP contribution in [-0.4, -0.2) is 16.0 Å². The minimum absolute atomic E-state index is 0.442. The van der Waals surface area contributed by atoms with Gasteiger partial charge in [0.05, 0.1) is 11.9 Å². The zero-order valence-electron chi connectivity index (χ0n) is 9.38. The van der Waals surface area contributed by atoms with Gasteiger partial charge in [-0.05, 0) is 5.56 Å². The largest absolute Gasteiger partial charge is 0.391 e. The standard InChI is InChI=1S/C12H12ClN3O/c1-16-11(7-12(13)15-16)8-14-17-9-10-5-3-2-4-6-10/h2-8H,9H2,1H3/b14-8+. The second kappa shape index (κ2) is 5.50. The van der Waals surface area contributed by atoms with Crippen LogP contribution < -0.4 is 0 Å². The third-order valence-electron chi connectivity index (χ3n) is 2.22. The number of oxime groups is 1. The lowest BCUT2D eigenvalue weighted by molar-refractivity contribution is 0.132. The van der Waals surface area contributed by atoms with Crippen molar-refractivity contribution in [2.75, 3.05) is 0 Å². The van der Waals surface area contributed by atoms with Crippen molar-refractivity contribution >= 4 is 17.8 Å². The maximum Gasteiger partial charge on any atom is 0.151 e. The SMILES string of the molecule is Cn1nc(Cl)cc1/C=N/OCc1ccccc1. The van der Waals surface area contributed by atoms with Gasteiger partial charge in [0.2, 0.25) is 0 Å². The Morgan fingerprint density at radius 2 is 2.18 bits per heavy atom. The summed E-state index contributed by atoms with van der Waals surface area (Å²) in [4.78, 5) is 5.17. The average molecular weight is 250 g/mol. The molecule has 0 saturated heterocycles. The maximum absolute atomic E-state index is 5.74. The molecule has 0 fully saturated rings. The van der Waals surface area contributed by atoms with Crippen LogP contribution in [0.15, 0.2) is 41.6 Å². The van der Waals surface area contributed by atoms with Crippen LogP contribution in [0.3, 0.4) is 0 Å². The summed E-state index contributed by atoms with van der Waals surface area (Å²) < 4.78 is 1.64. The summed E-state index contributed by atoms with van der Waals surface area (Å²) in [7, 11) is 1.80. The van der Waals surface area contributed by atoms with Gasteiger partial charge in [0.25, 0.3) is 0 Å². The lowest BCUT2D eigenvalue weighted by atomic mass is 10.2. The van der Waals surface area contributed by atoms with Crippen molar-refractivity contribution in [3.8, 4) is 0 Å². The van der Waals surface area contributed by atoms with Gasteiger partial charge in [-0.15, -0.1) is 0 Å². The first-order valence-corrected chi connectivity index (χ1v) is 5.52. The quantitative estimate of drug-likeness (QED) is 0.617. The van der Waals surface area contributed by atoms with E-state index < -0.39 is 0 Å². The summed E-state index contributed by atoms with van der Waals surface area (Å²) in [6.07, 6.45) is 1.59. The Kier molecular flexibility index (Phi) is 3.77. The van der Waals surface area contributed by atoms with E-state index in [1.807, 2.05) is 30.3 Å². The second-order valence-corrected chi connectivity index (χ2v) is 3.90. The Hall–Kier alpha value is -1.81. The van der Waals surface area contributed by atoms with E-state index >= 15 is 0 Å². The van der Waals surface area contributed by atoms with Crippen LogP contribution in [0.2, 0.25) is 5.15 Å². The molecule has 88 valence electrons. The highest BCUT2D eigenvalue weighted by Gasteiger charge is 1.99. The maximum atomic E-state index is 5.74. The van der Waals surface area contributed by atoms with Crippen LogP contribution in [-0.2, 0) is 18.5 Å². The first-order chi connectivity index (χ1) is 8.25. The van der Waals surface area contributed by atoms with Crippen LogP contribution in [0, 0.1) is 0 Å². The summed E-state index contributed by atoms with van der Waals surface area (Å²) in [5, 5.41) is 8.29. The Bertz CT molecular complexity index is 508. The van der Waals surface area contributed by atoms with E-state index in [9.17, 15) is 0 Å². The molecule has 0 spiro atoms. The molecule has 1 aromatic heterocycles. The lowest BCUT2D eigenvalue weighted by Gasteiger charge is -1.98. The van der Waals surface area contributed by atoms with Gasteiger partial charge in [-0.3, -0.25) is 4.68 Å². The van der Waals surface area contributed by atoms with Crippen molar-refractivity contribution in [3.05, 3.63) is 52.8 Å². The molecule has 0 atom stereocenters. The van der Waals surface area contributed by atoms with Gasteiger partial charge < -0.3 is 4.84 Å². The third-order valence-corrected chi connectivity index (χ3v) is 2.40. The van der Waals surface area contributed by atoms with Gasteiger partial charge in [-0.2, -0.15) is 5.10 Å². The number of rotatable bonds is 4. The summed E-state index contributed by atoms with van der Waals surface area (Å²) in [5.74, 6) is 0. The molecule has 5 heteroatoms. The smallest absolute Gasteiger partial charge is 0.151 e. The normalized spacial score (nSPS) is 10.9. The molecule has 0 aliphatic heterocycles. The van der Waals surface area contributed by atoms with E-state index in [4.69, 9.17) is 16.4 Å². The molecule has 0 saturated carbocycles. The minimum atomic E-state index is 0.442. The van der Waals surface area contributed by atoms with E-state index in [1.54, 1.807) is 24.0 Å². The van der Waals surface area contributed by atoms with Crippen LogP contribution in [0.25, 0.3) is 0 Å². The zero-order chi connectivity index (χ0) is 12.1. The number of benzene rings is 1. The summed E-state index contributed by atoms with van der Waals surface area (Å²) in [6, 6.07) is 11.6. The van der Waals surface area contributed by atoms with Crippen molar-refractivity contribution in [1.29, 1.82) is 0 Å². The highest BCUT2D eigenvalue weighted by molar-refractivity contribution is 6.29. The average Bonchev–Trinajstić information content (AvgIpc) is 2.65. The van der Waals surface area contributed by atoms with Gasteiger partial charge in [0.15, 0.2) is 5.15 Å². The number of aromatic nitrogens is 2. The molecule has 0 aliphatic carbocycles. The fourth-order valence-electron chi connectivity index (χ4n) is 1.34. The molecule has 0 radical (unpaired) electrons. The number of hydrogen-bond donors (Lipinski definition) is 0. The van der Waals surface area contributed by atoms with E-state index in [0.29, 0.717) is 11.8 Å². The molecule has 0 amide bonds. The fourth-order valence-corrected chi connectivity index (χ4v) is 1.57. The van der Waals surface area contributed by atoms with E-state index in [1.165, 1.54) is 0 Å². The zero-order valence-corrected chi connectivity index (χ0v) is 10.1. The molecule has 0 N–H and O–H groups in total. The van der Waals surface area contributed by atoms with Crippen molar-refractivity contribution in [3.63, 3.8) is 0 Å². The molecule has 1 aromatic carbocycles. The predicted molar refractivity (Wildman–Crippen MR) is 67.0 cm³/mol. The summed E-state index contributed by atoms with van der Waals surface area (Å²) >= 11 is 5.74. The predicted octanol–water partition coefficient (Wildman–Crippen LogP) is 2.62. The Morgan fingerprint density at radius 3 is 2.82 bits per heavy atom. The highest BCUT2D eigenvalue weighted by Crippen LogP contribution is 2.06. The summed E-state index contributed by atoms with van der Waals surface area (Å²) in [6.45, 7) is 0.447. The minimum Gasteiger partial charge on any atom is -0.391 e. The molecule has 0 bridgehead atoms. The van der Waals surface area contributed by atoms with Crippen molar-refractivity contribution in [2.24, 2.45) is 12.2 Å². The van der Waals surface area contributed by atoms with Crippen LogP contribution in [0.5, 0.6) is 0 Å². The van der Waals surface area contributed by atoms with Crippen LogP contribution in [0.1, 0.15) is 11.3 Å². The summed E-state index contributed by atoms with van der Waals surface area (Å²) in [5.41, 5.74) is 1.87.